The molecule has 1 fully saturated rings. The topological polar surface area (TPSA) is 44.7 Å². The molecule has 0 aliphatic carbocycles. The lowest BCUT2D eigenvalue weighted by atomic mass is 10.3. The summed E-state index contributed by atoms with van der Waals surface area (Å²) >= 11 is 0. The van der Waals surface area contributed by atoms with Crippen molar-refractivity contribution < 1.29 is 9.84 Å². The second kappa shape index (κ2) is 5.48. The van der Waals surface area contributed by atoms with Crippen molar-refractivity contribution in [2.24, 2.45) is 0 Å². The highest BCUT2D eigenvalue weighted by Gasteiger charge is 2.13. The SMILES string of the molecule is COC[C@@H](O)CN1CCNCC1. The van der Waals surface area contributed by atoms with Gasteiger partial charge in [-0.3, -0.25) is 4.90 Å². The third kappa shape index (κ3) is 3.49. The first-order chi connectivity index (χ1) is 5.83. The number of piperazine rings is 1. The summed E-state index contributed by atoms with van der Waals surface area (Å²) < 4.78 is 4.85. The maximum Gasteiger partial charge on any atom is 0.0900 e. The monoisotopic (exact) mass is 174 g/mol. The van der Waals surface area contributed by atoms with E-state index in [1.54, 1.807) is 7.11 Å². The van der Waals surface area contributed by atoms with Crippen LogP contribution in [0.1, 0.15) is 0 Å². The Hall–Kier alpha value is -0.160. The van der Waals surface area contributed by atoms with Gasteiger partial charge in [0.25, 0.3) is 0 Å². The maximum atomic E-state index is 9.41. The molecule has 0 spiro atoms. The van der Waals surface area contributed by atoms with Crippen molar-refractivity contribution in [2.75, 3.05) is 46.4 Å². The first-order valence-corrected chi connectivity index (χ1v) is 4.43. The van der Waals surface area contributed by atoms with Crippen LogP contribution in [0.15, 0.2) is 0 Å². The predicted octanol–water partition coefficient (Wildman–Crippen LogP) is -1.10. The number of aliphatic hydroxyl groups is 1. The number of hydrogen-bond donors (Lipinski definition) is 2. The number of methoxy groups -OCH3 is 1. The molecule has 0 aromatic carbocycles. The summed E-state index contributed by atoms with van der Waals surface area (Å²) in [5.41, 5.74) is 0. The van der Waals surface area contributed by atoms with E-state index in [0.717, 1.165) is 32.7 Å². The molecule has 1 rings (SSSR count). The highest BCUT2D eigenvalue weighted by molar-refractivity contribution is 4.70. The Balaban J connectivity index is 2.11. The first kappa shape index (κ1) is 9.92. The van der Waals surface area contributed by atoms with E-state index in [0.29, 0.717) is 6.61 Å². The number of nitrogens with one attached hydrogen (secondary N) is 1. The van der Waals surface area contributed by atoms with E-state index in [2.05, 4.69) is 10.2 Å². The van der Waals surface area contributed by atoms with Gasteiger partial charge < -0.3 is 15.2 Å². The van der Waals surface area contributed by atoms with Gasteiger partial charge in [0, 0.05) is 39.8 Å². The van der Waals surface area contributed by atoms with Crippen LogP contribution >= 0.6 is 0 Å². The summed E-state index contributed by atoms with van der Waals surface area (Å²) in [6, 6.07) is 0. The van der Waals surface area contributed by atoms with Gasteiger partial charge in [0.05, 0.1) is 12.7 Å². The molecule has 0 radical (unpaired) electrons. The van der Waals surface area contributed by atoms with E-state index in [-0.39, 0.29) is 6.10 Å². The van der Waals surface area contributed by atoms with Crippen molar-refractivity contribution in [3.05, 3.63) is 0 Å². The highest BCUT2D eigenvalue weighted by atomic mass is 16.5. The summed E-state index contributed by atoms with van der Waals surface area (Å²) in [4.78, 5) is 2.25. The predicted molar refractivity (Wildman–Crippen MR) is 47.2 cm³/mol. The van der Waals surface area contributed by atoms with Crippen molar-refractivity contribution in [1.29, 1.82) is 0 Å². The molecule has 1 aliphatic rings. The minimum atomic E-state index is -0.340. The minimum Gasteiger partial charge on any atom is -0.389 e. The quantitative estimate of drug-likeness (QED) is 0.568. The summed E-state index contributed by atoms with van der Waals surface area (Å²) in [5.74, 6) is 0. The molecule has 1 saturated heterocycles. The van der Waals surface area contributed by atoms with Gasteiger partial charge in [0.1, 0.15) is 0 Å². The fraction of sp³-hybridized carbons (Fsp3) is 1.00. The number of rotatable bonds is 4. The molecule has 72 valence electrons. The Morgan fingerprint density at radius 2 is 2.17 bits per heavy atom. The Bertz CT molecular complexity index is 116. The van der Waals surface area contributed by atoms with Crippen molar-refractivity contribution >= 4 is 0 Å². The fourth-order valence-electron chi connectivity index (χ4n) is 1.44. The van der Waals surface area contributed by atoms with E-state index in [9.17, 15) is 5.11 Å². The van der Waals surface area contributed by atoms with Gasteiger partial charge in [-0.2, -0.15) is 0 Å². The van der Waals surface area contributed by atoms with Crippen LogP contribution in [0.25, 0.3) is 0 Å². The molecule has 1 aliphatic heterocycles. The Kier molecular flexibility index (Phi) is 4.53. The molecule has 0 unspecified atom stereocenters. The lowest BCUT2D eigenvalue weighted by Crippen LogP contribution is -2.46. The first-order valence-electron chi connectivity index (χ1n) is 4.43. The van der Waals surface area contributed by atoms with Crippen LogP contribution in [-0.4, -0.2) is 62.6 Å². The van der Waals surface area contributed by atoms with Crippen molar-refractivity contribution in [2.45, 2.75) is 6.10 Å². The Morgan fingerprint density at radius 1 is 1.50 bits per heavy atom. The summed E-state index contributed by atoms with van der Waals surface area (Å²) in [5, 5.41) is 12.7. The van der Waals surface area contributed by atoms with Crippen molar-refractivity contribution in [1.82, 2.24) is 10.2 Å². The molecule has 0 saturated carbocycles. The minimum absolute atomic E-state index is 0.340. The zero-order valence-electron chi connectivity index (χ0n) is 7.62. The fourth-order valence-corrected chi connectivity index (χ4v) is 1.44. The van der Waals surface area contributed by atoms with Gasteiger partial charge in [-0.05, 0) is 0 Å². The molecular formula is C8H18N2O2. The van der Waals surface area contributed by atoms with E-state index in [4.69, 9.17) is 4.74 Å². The third-order valence-electron chi connectivity index (χ3n) is 2.04. The van der Waals surface area contributed by atoms with Crippen LogP contribution in [0, 0.1) is 0 Å². The van der Waals surface area contributed by atoms with Gasteiger partial charge in [-0.15, -0.1) is 0 Å². The van der Waals surface area contributed by atoms with Crippen LogP contribution < -0.4 is 5.32 Å². The number of hydrogen-bond acceptors (Lipinski definition) is 4. The van der Waals surface area contributed by atoms with E-state index < -0.39 is 0 Å². The summed E-state index contributed by atoms with van der Waals surface area (Å²) in [7, 11) is 1.61. The Morgan fingerprint density at radius 3 is 2.75 bits per heavy atom. The molecule has 0 aromatic heterocycles. The van der Waals surface area contributed by atoms with Gasteiger partial charge in [0.15, 0.2) is 0 Å². The lowest BCUT2D eigenvalue weighted by molar-refractivity contribution is 0.0351. The average molecular weight is 174 g/mol. The van der Waals surface area contributed by atoms with Gasteiger partial charge in [0.2, 0.25) is 0 Å². The zero-order chi connectivity index (χ0) is 8.81. The van der Waals surface area contributed by atoms with Crippen LogP contribution in [0.5, 0.6) is 0 Å². The smallest absolute Gasteiger partial charge is 0.0900 e. The van der Waals surface area contributed by atoms with Crippen LogP contribution in [-0.2, 0) is 4.74 Å². The highest BCUT2D eigenvalue weighted by Crippen LogP contribution is 1.95. The molecule has 0 bridgehead atoms. The summed E-state index contributed by atoms with van der Waals surface area (Å²) in [6.45, 7) is 5.28. The van der Waals surface area contributed by atoms with E-state index >= 15 is 0 Å². The molecular weight excluding hydrogens is 156 g/mol. The zero-order valence-corrected chi connectivity index (χ0v) is 7.62. The van der Waals surface area contributed by atoms with Crippen LogP contribution in [0.2, 0.25) is 0 Å². The Labute approximate surface area is 73.5 Å². The van der Waals surface area contributed by atoms with Crippen LogP contribution in [0.4, 0.5) is 0 Å². The molecule has 4 heteroatoms. The van der Waals surface area contributed by atoms with Gasteiger partial charge in [-0.25, -0.2) is 0 Å². The number of ether oxygens (including phenoxy) is 1. The van der Waals surface area contributed by atoms with E-state index in [1.807, 2.05) is 0 Å². The van der Waals surface area contributed by atoms with Gasteiger partial charge in [-0.1, -0.05) is 0 Å². The maximum absolute atomic E-state index is 9.41. The van der Waals surface area contributed by atoms with Gasteiger partial charge >= 0.3 is 0 Å². The van der Waals surface area contributed by atoms with E-state index in [1.165, 1.54) is 0 Å². The standard InChI is InChI=1S/C8H18N2O2/c1-12-7-8(11)6-10-4-2-9-3-5-10/h8-9,11H,2-7H2,1H3/t8-/m0/s1. The third-order valence-corrected chi connectivity index (χ3v) is 2.04. The average Bonchev–Trinajstić information content (AvgIpc) is 2.06. The lowest BCUT2D eigenvalue weighted by Gasteiger charge is -2.28. The summed E-state index contributed by atoms with van der Waals surface area (Å²) in [6.07, 6.45) is -0.340. The molecule has 2 N–H and O–H groups in total. The molecule has 0 amide bonds. The normalized spacial score (nSPS) is 22.5. The number of nitrogens with zero attached hydrogens (tertiary/aromatic N) is 1. The van der Waals surface area contributed by atoms with Crippen molar-refractivity contribution in [3.63, 3.8) is 0 Å². The molecule has 1 heterocycles. The molecule has 4 nitrogen and oxygen atoms in total. The molecule has 12 heavy (non-hydrogen) atoms. The van der Waals surface area contributed by atoms with Crippen LogP contribution in [0.3, 0.4) is 0 Å². The number of aliphatic hydroxyl groups excluding tert-OH is 1. The second-order valence-corrected chi connectivity index (χ2v) is 3.16. The second-order valence-electron chi connectivity index (χ2n) is 3.16. The number of β-amino-alcohol motifs (C(OH)–C–C–N with tert-alkyl or cyclic N) is 1. The van der Waals surface area contributed by atoms with Crippen molar-refractivity contribution in [3.8, 4) is 0 Å². The molecule has 1 atom stereocenters. The largest absolute Gasteiger partial charge is 0.389 e. The molecule has 0 aromatic rings.